The number of thioether (sulfide) groups is 1. The summed E-state index contributed by atoms with van der Waals surface area (Å²) < 4.78 is 25.6. The highest BCUT2D eigenvalue weighted by atomic mass is 32.2. The lowest BCUT2D eigenvalue weighted by Gasteiger charge is -2.19. The lowest BCUT2D eigenvalue weighted by atomic mass is 10.1. The molecule has 0 fully saturated rings. The van der Waals surface area contributed by atoms with E-state index in [9.17, 15) is 18.3 Å². The van der Waals surface area contributed by atoms with Gasteiger partial charge in [0, 0.05) is 19.0 Å². The van der Waals surface area contributed by atoms with Crippen LogP contribution in [0.15, 0.2) is 34.1 Å². The van der Waals surface area contributed by atoms with Gasteiger partial charge in [-0.05, 0) is 18.1 Å². The van der Waals surface area contributed by atoms with E-state index in [1.165, 1.54) is 20.2 Å². The zero-order valence-corrected chi connectivity index (χ0v) is 13.5. The normalized spacial score (nSPS) is 13.7. The van der Waals surface area contributed by atoms with Crippen LogP contribution in [-0.4, -0.2) is 43.1 Å². The standard InChI is InChI=1S/C13H19NO4S2/c1-9(2)12(13(15)16)19-10-7-5-6-8-11(10)20(17,18)14(3)4/h5-9,12H,1-4H3,(H,15,16). The molecule has 0 aliphatic heterocycles. The summed E-state index contributed by atoms with van der Waals surface area (Å²) in [5.41, 5.74) is 0. The van der Waals surface area contributed by atoms with Crippen LogP contribution in [0.5, 0.6) is 0 Å². The molecule has 20 heavy (non-hydrogen) atoms. The maximum Gasteiger partial charge on any atom is 0.317 e. The molecule has 0 aliphatic rings. The van der Waals surface area contributed by atoms with Crippen molar-refractivity contribution in [3.8, 4) is 0 Å². The summed E-state index contributed by atoms with van der Waals surface area (Å²) in [6.45, 7) is 3.60. The van der Waals surface area contributed by atoms with Crippen molar-refractivity contribution in [1.82, 2.24) is 4.31 Å². The number of carboxylic acid groups (broad SMARTS) is 1. The van der Waals surface area contributed by atoms with Gasteiger partial charge >= 0.3 is 5.97 Å². The van der Waals surface area contributed by atoms with Gasteiger partial charge in [-0.25, -0.2) is 12.7 Å². The van der Waals surface area contributed by atoms with Crippen LogP contribution in [0.3, 0.4) is 0 Å². The van der Waals surface area contributed by atoms with E-state index in [-0.39, 0.29) is 10.8 Å². The Labute approximate surface area is 124 Å². The summed E-state index contributed by atoms with van der Waals surface area (Å²) in [6.07, 6.45) is 0. The van der Waals surface area contributed by atoms with Crippen molar-refractivity contribution >= 4 is 27.8 Å². The number of nitrogens with zero attached hydrogens (tertiary/aromatic N) is 1. The first-order chi connectivity index (χ1) is 9.17. The Hall–Kier alpha value is -1.05. The molecule has 0 bridgehead atoms. The molecule has 1 aromatic rings. The first-order valence-corrected chi connectivity index (χ1v) is 8.41. The minimum atomic E-state index is -3.59. The molecular weight excluding hydrogens is 298 g/mol. The quantitative estimate of drug-likeness (QED) is 0.814. The zero-order valence-electron chi connectivity index (χ0n) is 11.9. The average Bonchev–Trinajstić information content (AvgIpc) is 2.35. The molecule has 1 N–H and O–H groups in total. The second kappa shape index (κ2) is 6.60. The largest absolute Gasteiger partial charge is 0.480 e. The Morgan fingerprint density at radius 1 is 1.25 bits per heavy atom. The van der Waals surface area contributed by atoms with Crippen LogP contribution in [0.1, 0.15) is 13.8 Å². The minimum absolute atomic E-state index is 0.104. The molecule has 0 spiro atoms. The van der Waals surface area contributed by atoms with Gasteiger partial charge in [0.25, 0.3) is 0 Å². The molecule has 0 amide bonds. The van der Waals surface area contributed by atoms with Crippen LogP contribution in [0, 0.1) is 5.92 Å². The van der Waals surface area contributed by atoms with E-state index in [1.807, 2.05) is 0 Å². The topological polar surface area (TPSA) is 74.7 Å². The Bertz CT molecular complexity index is 582. The summed E-state index contributed by atoms with van der Waals surface area (Å²) in [6, 6.07) is 6.47. The number of hydrogen-bond donors (Lipinski definition) is 1. The molecule has 0 heterocycles. The molecule has 0 saturated carbocycles. The number of hydrogen-bond acceptors (Lipinski definition) is 4. The molecule has 112 valence electrons. The van der Waals surface area contributed by atoms with Gasteiger partial charge in [0.2, 0.25) is 10.0 Å². The third-order valence-corrected chi connectivity index (χ3v) is 6.32. The van der Waals surface area contributed by atoms with E-state index in [2.05, 4.69) is 0 Å². The first-order valence-electron chi connectivity index (χ1n) is 6.09. The molecule has 1 atom stereocenters. The molecule has 0 saturated heterocycles. The number of carbonyl (C=O) groups is 1. The van der Waals surface area contributed by atoms with Gasteiger partial charge in [-0.15, -0.1) is 11.8 Å². The Morgan fingerprint density at radius 2 is 1.80 bits per heavy atom. The Balaban J connectivity index is 3.24. The van der Waals surface area contributed by atoms with Gasteiger partial charge in [0.1, 0.15) is 5.25 Å². The van der Waals surface area contributed by atoms with Crippen molar-refractivity contribution < 1.29 is 18.3 Å². The molecule has 7 heteroatoms. The fraction of sp³-hybridized carbons (Fsp3) is 0.462. The number of rotatable bonds is 6. The number of sulfonamides is 1. The Morgan fingerprint density at radius 3 is 2.25 bits per heavy atom. The lowest BCUT2D eigenvalue weighted by molar-refractivity contribution is -0.137. The minimum Gasteiger partial charge on any atom is -0.480 e. The SMILES string of the molecule is CC(C)C(Sc1ccccc1S(=O)(=O)N(C)C)C(=O)O. The summed E-state index contributed by atoms with van der Waals surface area (Å²) >= 11 is 1.07. The number of aliphatic carboxylic acids is 1. The highest BCUT2D eigenvalue weighted by Gasteiger charge is 2.27. The van der Waals surface area contributed by atoms with Gasteiger partial charge in [0.05, 0.1) is 4.90 Å². The predicted molar refractivity (Wildman–Crippen MR) is 79.4 cm³/mol. The van der Waals surface area contributed by atoms with E-state index in [0.717, 1.165) is 16.1 Å². The Kier molecular flexibility index (Phi) is 5.61. The maximum atomic E-state index is 12.2. The van der Waals surface area contributed by atoms with Crippen molar-refractivity contribution in [3.05, 3.63) is 24.3 Å². The fourth-order valence-corrected chi connectivity index (χ4v) is 3.98. The highest BCUT2D eigenvalue weighted by molar-refractivity contribution is 8.01. The van der Waals surface area contributed by atoms with E-state index >= 15 is 0 Å². The summed E-state index contributed by atoms with van der Waals surface area (Å²) in [5.74, 6) is -1.05. The van der Waals surface area contributed by atoms with Crippen LogP contribution in [0.2, 0.25) is 0 Å². The number of carboxylic acids is 1. The second-order valence-corrected chi connectivity index (χ2v) is 8.16. The van der Waals surface area contributed by atoms with Crippen LogP contribution in [0.4, 0.5) is 0 Å². The van der Waals surface area contributed by atoms with Crippen molar-refractivity contribution in [2.45, 2.75) is 28.9 Å². The monoisotopic (exact) mass is 317 g/mol. The smallest absolute Gasteiger partial charge is 0.317 e. The van der Waals surface area contributed by atoms with Gasteiger partial charge in [-0.3, -0.25) is 4.79 Å². The first kappa shape index (κ1) is 17.0. The van der Waals surface area contributed by atoms with Crippen LogP contribution >= 0.6 is 11.8 Å². The number of benzene rings is 1. The summed E-state index contributed by atoms with van der Waals surface area (Å²) in [4.78, 5) is 11.9. The third kappa shape index (κ3) is 3.74. The summed E-state index contributed by atoms with van der Waals surface area (Å²) in [7, 11) is -0.680. The zero-order chi connectivity index (χ0) is 15.5. The van der Waals surface area contributed by atoms with Crippen LogP contribution < -0.4 is 0 Å². The van der Waals surface area contributed by atoms with Crippen LogP contribution in [0.25, 0.3) is 0 Å². The summed E-state index contributed by atoms with van der Waals surface area (Å²) in [5, 5.41) is 8.54. The molecule has 0 radical (unpaired) electrons. The van der Waals surface area contributed by atoms with E-state index in [0.29, 0.717) is 4.90 Å². The van der Waals surface area contributed by atoms with E-state index < -0.39 is 21.2 Å². The fourth-order valence-electron chi connectivity index (χ4n) is 1.57. The highest BCUT2D eigenvalue weighted by Crippen LogP contribution is 2.33. The van der Waals surface area contributed by atoms with Gasteiger partial charge in [-0.2, -0.15) is 0 Å². The van der Waals surface area contributed by atoms with Crippen LogP contribution in [-0.2, 0) is 14.8 Å². The maximum absolute atomic E-state index is 12.2. The average molecular weight is 317 g/mol. The van der Waals surface area contributed by atoms with Gasteiger partial charge in [-0.1, -0.05) is 26.0 Å². The van der Waals surface area contributed by atoms with E-state index in [4.69, 9.17) is 0 Å². The molecule has 1 aromatic carbocycles. The van der Waals surface area contributed by atoms with Crippen molar-refractivity contribution in [3.63, 3.8) is 0 Å². The molecule has 0 aliphatic carbocycles. The van der Waals surface area contributed by atoms with Gasteiger partial charge < -0.3 is 5.11 Å². The van der Waals surface area contributed by atoms with Crippen molar-refractivity contribution in [2.24, 2.45) is 5.92 Å². The molecule has 1 rings (SSSR count). The van der Waals surface area contributed by atoms with Crippen molar-refractivity contribution in [1.29, 1.82) is 0 Å². The van der Waals surface area contributed by atoms with Crippen molar-refractivity contribution in [2.75, 3.05) is 14.1 Å². The second-order valence-electron chi connectivity index (χ2n) is 4.85. The molecule has 5 nitrogen and oxygen atoms in total. The van der Waals surface area contributed by atoms with Gasteiger partial charge in [0.15, 0.2) is 0 Å². The molecule has 1 unspecified atom stereocenters. The lowest BCUT2D eigenvalue weighted by Crippen LogP contribution is -2.25. The molecular formula is C13H19NO4S2. The third-order valence-electron chi connectivity index (χ3n) is 2.71. The molecule has 0 aromatic heterocycles. The predicted octanol–water partition coefficient (Wildman–Crippen LogP) is 2.14. The van der Waals surface area contributed by atoms with E-state index in [1.54, 1.807) is 32.0 Å².